The first-order valence-corrected chi connectivity index (χ1v) is 7.05. The molecule has 3 amide bonds. The Morgan fingerprint density at radius 2 is 1.91 bits per heavy atom. The summed E-state index contributed by atoms with van der Waals surface area (Å²) in [5.41, 5.74) is 4.91. The van der Waals surface area contributed by atoms with Crippen molar-refractivity contribution in [3.05, 3.63) is 35.3 Å². The van der Waals surface area contributed by atoms with Gasteiger partial charge in [0.15, 0.2) is 5.76 Å². The minimum Gasteiger partial charge on any atom is -0.451 e. The fourth-order valence-corrected chi connectivity index (χ4v) is 2.12. The molecule has 1 aromatic heterocycles. The van der Waals surface area contributed by atoms with Gasteiger partial charge in [-0.15, -0.1) is 0 Å². The van der Waals surface area contributed by atoms with Crippen LogP contribution >= 0.6 is 0 Å². The molecule has 1 saturated carbocycles. The Balaban J connectivity index is 1.67. The van der Waals surface area contributed by atoms with E-state index in [4.69, 9.17) is 4.42 Å². The maximum Gasteiger partial charge on any atom is 0.327 e. The van der Waals surface area contributed by atoms with Gasteiger partial charge in [0.25, 0.3) is 0 Å². The number of furan rings is 1. The number of hydrogen-bond acceptors (Lipinski definition) is 4. The third-order valence-electron chi connectivity index (χ3n) is 3.51. The van der Waals surface area contributed by atoms with Crippen LogP contribution in [0.1, 0.15) is 29.0 Å². The molecule has 23 heavy (non-hydrogen) atoms. The van der Waals surface area contributed by atoms with E-state index in [9.17, 15) is 18.8 Å². The number of hydrazine groups is 1. The van der Waals surface area contributed by atoms with E-state index in [0.29, 0.717) is 16.5 Å². The molecule has 0 spiro atoms. The smallest absolute Gasteiger partial charge is 0.327 e. The van der Waals surface area contributed by atoms with Crippen LogP contribution in [-0.4, -0.2) is 23.8 Å². The molecule has 1 aliphatic rings. The Morgan fingerprint density at radius 1 is 1.17 bits per heavy atom. The van der Waals surface area contributed by atoms with Gasteiger partial charge in [0.1, 0.15) is 11.4 Å². The Bertz CT molecular complexity index is 810. The third kappa shape index (κ3) is 3.15. The van der Waals surface area contributed by atoms with Crippen molar-refractivity contribution in [1.29, 1.82) is 0 Å². The SMILES string of the molecule is Cc1c(C(=O)NNC(=O)C(=O)NC2CC2)oc2ccc(F)cc12. The van der Waals surface area contributed by atoms with Gasteiger partial charge in [-0.1, -0.05) is 0 Å². The summed E-state index contributed by atoms with van der Waals surface area (Å²) in [6.07, 6.45) is 1.69. The first kappa shape index (κ1) is 15.0. The second-order valence-electron chi connectivity index (χ2n) is 5.35. The highest BCUT2D eigenvalue weighted by atomic mass is 19.1. The lowest BCUT2D eigenvalue weighted by Gasteiger charge is -2.06. The predicted molar refractivity (Wildman–Crippen MR) is 77.7 cm³/mol. The minimum absolute atomic E-state index is 0.0384. The van der Waals surface area contributed by atoms with E-state index < -0.39 is 23.5 Å². The number of benzene rings is 1. The lowest BCUT2D eigenvalue weighted by atomic mass is 10.1. The van der Waals surface area contributed by atoms with Crippen molar-refractivity contribution in [2.24, 2.45) is 0 Å². The minimum atomic E-state index is -0.968. The van der Waals surface area contributed by atoms with Crippen LogP contribution in [0.2, 0.25) is 0 Å². The van der Waals surface area contributed by atoms with E-state index in [2.05, 4.69) is 10.7 Å². The molecule has 3 rings (SSSR count). The van der Waals surface area contributed by atoms with E-state index in [1.54, 1.807) is 6.92 Å². The van der Waals surface area contributed by atoms with Crippen LogP contribution in [0.15, 0.2) is 22.6 Å². The van der Waals surface area contributed by atoms with Crippen molar-refractivity contribution in [1.82, 2.24) is 16.2 Å². The van der Waals surface area contributed by atoms with E-state index in [1.165, 1.54) is 18.2 Å². The second-order valence-corrected chi connectivity index (χ2v) is 5.35. The number of rotatable bonds is 2. The van der Waals surface area contributed by atoms with Crippen LogP contribution in [0, 0.1) is 12.7 Å². The monoisotopic (exact) mass is 319 g/mol. The molecule has 8 heteroatoms. The molecule has 0 radical (unpaired) electrons. The highest BCUT2D eigenvalue weighted by Gasteiger charge is 2.27. The number of nitrogens with one attached hydrogen (secondary N) is 3. The van der Waals surface area contributed by atoms with Gasteiger partial charge in [-0.25, -0.2) is 4.39 Å². The first-order chi connectivity index (χ1) is 11.0. The summed E-state index contributed by atoms with van der Waals surface area (Å²) < 4.78 is 18.6. The number of aryl methyl sites for hydroxylation is 1. The van der Waals surface area contributed by atoms with E-state index in [-0.39, 0.29) is 11.8 Å². The molecule has 1 aromatic carbocycles. The molecule has 1 aliphatic carbocycles. The highest BCUT2D eigenvalue weighted by Crippen LogP contribution is 2.25. The number of carbonyl (C=O) groups excluding carboxylic acids is 3. The number of amides is 3. The van der Waals surface area contributed by atoms with Crippen LogP contribution in [0.3, 0.4) is 0 Å². The molecular weight excluding hydrogens is 305 g/mol. The molecule has 3 N–H and O–H groups in total. The zero-order valence-electron chi connectivity index (χ0n) is 12.2. The number of halogens is 1. The summed E-state index contributed by atoms with van der Waals surface area (Å²) in [4.78, 5) is 35.0. The quantitative estimate of drug-likeness (QED) is 0.566. The van der Waals surface area contributed by atoms with Crippen molar-refractivity contribution in [3.63, 3.8) is 0 Å². The Labute approximate surface area is 130 Å². The number of carbonyl (C=O) groups is 3. The van der Waals surface area contributed by atoms with Gasteiger partial charge in [0.05, 0.1) is 0 Å². The van der Waals surface area contributed by atoms with Crippen LogP contribution in [-0.2, 0) is 9.59 Å². The van der Waals surface area contributed by atoms with Gasteiger partial charge < -0.3 is 9.73 Å². The fourth-order valence-electron chi connectivity index (χ4n) is 2.12. The fraction of sp³-hybridized carbons (Fsp3) is 0.267. The van der Waals surface area contributed by atoms with E-state index in [0.717, 1.165) is 12.8 Å². The van der Waals surface area contributed by atoms with Crippen molar-refractivity contribution in [2.75, 3.05) is 0 Å². The van der Waals surface area contributed by atoms with Crippen molar-refractivity contribution < 1.29 is 23.2 Å². The molecule has 0 aliphatic heterocycles. The summed E-state index contributed by atoms with van der Waals surface area (Å²) in [7, 11) is 0. The molecule has 0 saturated heterocycles. The summed E-state index contributed by atoms with van der Waals surface area (Å²) in [6, 6.07) is 3.93. The molecule has 0 bridgehead atoms. The average molecular weight is 319 g/mol. The van der Waals surface area contributed by atoms with Gasteiger partial charge in [-0.05, 0) is 38.0 Å². The van der Waals surface area contributed by atoms with Crippen LogP contribution in [0.4, 0.5) is 4.39 Å². The molecule has 0 unspecified atom stereocenters. The molecule has 1 heterocycles. The largest absolute Gasteiger partial charge is 0.451 e. The Hall–Kier alpha value is -2.90. The van der Waals surface area contributed by atoms with Gasteiger partial charge in [0.2, 0.25) is 0 Å². The lowest BCUT2D eigenvalue weighted by Crippen LogP contribution is -2.49. The van der Waals surface area contributed by atoms with Crippen LogP contribution < -0.4 is 16.2 Å². The highest BCUT2D eigenvalue weighted by molar-refractivity contribution is 6.35. The van der Waals surface area contributed by atoms with Crippen molar-refractivity contribution >= 4 is 28.7 Å². The number of hydrogen-bond donors (Lipinski definition) is 3. The molecule has 0 atom stereocenters. The van der Waals surface area contributed by atoms with Gasteiger partial charge >= 0.3 is 17.7 Å². The van der Waals surface area contributed by atoms with Gasteiger partial charge in [0, 0.05) is 17.0 Å². The first-order valence-electron chi connectivity index (χ1n) is 7.05. The van der Waals surface area contributed by atoms with Crippen LogP contribution in [0.25, 0.3) is 11.0 Å². The standard InChI is InChI=1S/C15H14FN3O4/c1-7-10-6-8(16)2-5-11(10)23-12(7)13(20)18-19-15(22)14(21)17-9-3-4-9/h2,5-6,9H,3-4H2,1H3,(H,17,21)(H,18,20)(H,19,22). The van der Waals surface area contributed by atoms with Crippen molar-refractivity contribution in [3.8, 4) is 0 Å². The van der Waals surface area contributed by atoms with Gasteiger partial charge in [-0.3, -0.25) is 25.2 Å². The Morgan fingerprint density at radius 3 is 2.61 bits per heavy atom. The molecule has 7 nitrogen and oxygen atoms in total. The maximum absolute atomic E-state index is 13.2. The molecule has 2 aromatic rings. The zero-order valence-corrected chi connectivity index (χ0v) is 12.2. The zero-order chi connectivity index (χ0) is 16.6. The normalized spacial score (nSPS) is 13.7. The van der Waals surface area contributed by atoms with Crippen molar-refractivity contribution in [2.45, 2.75) is 25.8 Å². The maximum atomic E-state index is 13.2. The molecule has 1 fully saturated rings. The third-order valence-corrected chi connectivity index (χ3v) is 3.51. The predicted octanol–water partition coefficient (Wildman–Crippen LogP) is 0.920. The van der Waals surface area contributed by atoms with Crippen LogP contribution in [0.5, 0.6) is 0 Å². The summed E-state index contributed by atoms with van der Waals surface area (Å²) >= 11 is 0. The second kappa shape index (κ2) is 5.71. The topological polar surface area (TPSA) is 100 Å². The summed E-state index contributed by atoms with van der Waals surface area (Å²) in [6.45, 7) is 1.60. The van der Waals surface area contributed by atoms with Gasteiger partial charge in [-0.2, -0.15) is 0 Å². The lowest BCUT2D eigenvalue weighted by molar-refractivity contribution is -0.139. The van der Waals surface area contributed by atoms with E-state index in [1.807, 2.05) is 5.43 Å². The van der Waals surface area contributed by atoms with E-state index >= 15 is 0 Å². The average Bonchev–Trinajstić information content (AvgIpc) is 3.28. The summed E-state index contributed by atoms with van der Waals surface area (Å²) in [5.74, 6) is -3.01. The molecule has 120 valence electrons. The molecular formula is C15H14FN3O4. The Kier molecular flexibility index (Phi) is 3.73. The summed E-state index contributed by atoms with van der Waals surface area (Å²) in [5, 5.41) is 2.95. The number of fused-ring (bicyclic) bond motifs is 1.